The molecule has 0 bridgehead atoms. The molecule has 20 heavy (non-hydrogen) atoms. The topological polar surface area (TPSA) is 96.0 Å². The second-order valence-electron chi connectivity index (χ2n) is 4.62. The summed E-state index contributed by atoms with van der Waals surface area (Å²) in [4.78, 5) is 8.44. The second kappa shape index (κ2) is 7.39. The van der Waals surface area contributed by atoms with E-state index in [2.05, 4.69) is 39.2 Å². The van der Waals surface area contributed by atoms with Crippen LogP contribution in [-0.2, 0) is 10.0 Å². The monoisotopic (exact) mass is 301 g/mol. The molecule has 0 amide bonds. The van der Waals surface area contributed by atoms with Gasteiger partial charge in [-0.05, 0) is 19.9 Å². The summed E-state index contributed by atoms with van der Waals surface area (Å²) < 4.78 is 25.0. The highest BCUT2D eigenvalue weighted by Crippen LogP contribution is 2.27. The Balaban J connectivity index is 2.86. The van der Waals surface area contributed by atoms with Crippen molar-refractivity contribution in [2.75, 3.05) is 36.5 Å². The lowest BCUT2D eigenvalue weighted by Gasteiger charge is -2.17. The van der Waals surface area contributed by atoms with E-state index in [0.717, 1.165) is 17.9 Å². The molecule has 0 saturated carbocycles. The van der Waals surface area contributed by atoms with Gasteiger partial charge in [-0.15, -0.1) is 0 Å². The fourth-order valence-corrected chi connectivity index (χ4v) is 2.37. The lowest BCUT2D eigenvalue weighted by molar-refractivity contribution is 0.588. The minimum atomic E-state index is -3.21. The van der Waals surface area contributed by atoms with Gasteiger partial charge in [0.15, 0.2) is 0 Å². The molecular formula is C12H23N5O2S. The number of nitrogens with zero attached hydrogens (tertiary/aromatic N) is 2. The van der Waals surface area contributed by atoms with Crippen LogP contribution in [0.25, 0.3) is 0 Å². The van der Waals surface area contributed by atoms with Crippen molar-refractivity contribution in [1.29, 1.82) is 0 Å². The molecule has 3 N–H and O–H groups in total. The van der Waals surface area contributed by atoms with Crippen LogP contribution in [-0.4, -0.2) is 44.3 Å². The van der Waals surface area contributed by atoms with E-state index < -0.39 is 10.0 Å². The SMILES string of the molecule is CCNc1ncnc(NCCS(=O)(=O)NC)c1C(C)C. The molecule has 0 unspecified atom stereocenters. The highest BCUT2D eigenvalue weighted by Gasteiger charge is 2.15. The standard InChI is InChI=1S/C12H23N5O2S/c1-5-14-11-10(9(2)3)12(17-8-16-11)15-6-7-20(18,19)13-4/h8-9,13H,5-7H2,1-4H3,(H2,14,15,16,17). The van der Waals surface area contributed by atoms with Crippen molar-refractivity contribution in [1.82, 2.24) is 14.7 Å². The molecule has 114 valence electrons. The van der Waals surface area contributed by atoms with Gasteiger partial charge < -0.3 is 10.6 Å². The largest absolute Gasteiger partial charge is 0.370 e. The van der Waals surface area contributed by atoms with Gasteiger partial charge in [-0.2, -0.15) is 0 Å². The third kappa shape index (κ3) is 4.61. The van der Waals surface area contributed by atoms with Crippen molar-refractivity contribution >= 4 is 21.7 Å². The number of rotatable bonds is 8. The molecule has 0 fully saturated rings. The van der Waals surface area contributed by atoms with E-state index in [1.807, 2.05) is 6.92 Å². The van der Waals surface area contributed by atoms with Gasteiger partial charge >= 0.3 is 0 Å². The number of sulfonamides is 1. The van der Waals surface area contributed by atoms with Crippen LogP contribution in [0.1, 0.15) is 32.3 Å². The third-order valence-corrected chi connectivity index (χ3v) is 4.14. The fourth-order valence-electron chi connectivity index (χ4n) is 1.80. The number of hydrogen-bond acceptors (Lipinski definition) is 6. The molecule has 0 atom stereocenters. The Labute approximate surface area is 120 Å². The van der Waals surface area contributed by atoms with Gasteiger partial charge in [0.25, 0.3) is 0 Å². The number of nitrogens with one attached hydrogen (secondary N) is 3. The molecule has 0 aromatic carbocycles. The van der Waals surface area contributed by atoms with E-state index in [1.54, 1.807) is 0 Å². The lowest BCUT2D eigenvalue weighted by atomic mass is 10.0. The molecular weight excluding hydrogens is 278 g/mol. The quantitative estimate of drug-likeness (QED) is 0.663. The summed E-state index contributed by atoms with van der Waals surface area (Å²) in [7, 11) is -1.81. The summed E-state index contributed by atoms with van der Waals surface area (Å²) in [5.41, 5.74) is 0.969. The molecule has 1 heterocycles. The van der Waals surface area contributed by atoms with Crippen LogP contribution in [0.2, 0.25) is 0 Å². The normalized spacial score (nSPS) is 11.7. The van der Waals surface area contributed by atoms with Gasteiger partial charge in [-0.1, -0.05) is 13.8 Å². The summed E-state index contributed by atoms with van der Waals surface area (Å²) in [6.07, 6.45) is 1.47. The second-order valence-corrected chi connectivity index (χ2v) is 6.67. The average molecular weight is 301 g/mol. The summed E-state index contributed by atoms with van der Waals surface area (Å²) in [5.74, 6) is 1.70. The van der Waals surface area contributed by atoms with Gasteiger partial charge in [0.1, 0.15) is 18.0 Å². The first-order chi connectivity index (χ1) is 9.41. The molecule has 0 spiro atoms. The Hall–Kier alpha value is -1.41. The first-order valence-corrected chi connectivity index (χ1v) is 8.30. The number of anilines is 2. The first-order valence-electron chi connectivity index (χ1n) is 6.65. The van der Waals surface area contributed by atoms with Crippen molar-refractivity contribution in [2.45, 2.75) is 26.7 Å². The van der Waals surface area contributed by atoms with Crippen LogP contribution in [0.5, 0.6) is 0 Å². The number of hydrogen-bond donors (Lipinski definition) is 3. The molecule has 0 radical (unpaired) electrons. The van der Waals surface area contributed by atoms with Crippen LogP contribution in [0.15, 0.2) is 6.33 Å². The van der Waals surface area contributed by atoms with Crippen molar-refractivity contribution in [3.63, 3.8) is 0 Å². The first kappa shape index (κ1) is 16.6. The maximum Gasteiger partial charge on any atom is 0.213 e. The van der Waals surface area contributed by atoms with Gasteiger partial charge in [0.2, 0.25) is 10.0 Å². The van der Waals surface area contributed by atoms with E-state index in [9.17, 15) is 8.42 Å². The zero-order valence-electron chi connectivity index (χ0n) is 12.4. The predicted molar refractivity (Wildman–Crippen MR) is 81.6 cm³/mol. The molecule has 7 nitrogen and oxygen atoms in total. The van der Waals surface area contributed by atoms with Gasteiger partial charge in [-0.25, -0.2) is 23.1 Å². The van der Waals surface area contributed by atoms with Crippen molar-refractivity contribution in [3.05, 3.63) is 11.9 Å². The number of aromatic nitrogens is 2. The van der Waals surface area contributed by atoms with Crippen LogP contribution in [0, 0.1) is 0 Å². The third-order valence-electron chi connectivity index (χ3n) is 2.78. The van der Waals surface area contributed by atoms with E-state index in [0.29, 0.717) is 12.4 Å². The molecule has 0 aliphatic carbocycles. The van der Waals surface area contributed by atoms with Crippen LogP contribution in [0.3, 0.4) is 0 Å². The maximum atomic E-state index is 11.4. The summed E-state index contributed by atoms with van der Waals surface area (Å²) in [6.45, 7) is 7.17. The zero-order chi connectivity index (χ0) is 15.2. The highest BCUT2D eigenvalue weighted by atomic mass is 32.2. The molecule has 0 aliphatic rings. The highest BCUT2D eigenvalue weighted by molar-refractivity contribution is 7.89. The minimum absolute atomic E-state index is 0.00157. The van der Waals surface area contributed by atoms with E-state index in [-0.39, 0.29) is 11.7 Å². The van der Waals surface area contributed by atoms with Gasteiger partial charge in [0, 0.05) is 18.7 Å². The summed E-state index contributed by atoms with van der Waals surface area (Å²) in [6, 6.07) is 0. The molecule has 0 aliphatic heterocycles. The van der Waals surface area contributed by atoms with Gasteiger partial charge in [0.05, 0.1) is 5.75 Å². The Morgan fingerprint density at radius 1 is 1.20 bits per heavy atom. The van der Waals surface area contributed by atoms with E-state index >= 15 is 0 Å². The summed E-state index contributed by atoms with van der Waals surface area (Å²) in [5, 5.41) is 6.27. The van der Waals surface area contributed by atoms with Crippen LogP contribution < -0.4 is 15.4 Å². The molecule has 1 aromatic heterocycles. The lowest BCUT2D eigenvalue weighted by Crippen LogP contribution is -2.26. The van der Waals surface area contributed by atoms with Crippen molar-refractivity contribution in [2.24, 2.45) is 0 Å². The van der Waals surface area contributed by atoms with E-state index in [1.165, 1.54) is 13.4 Å². The zero-order valence-corrected chi connectivity index (χ0v) is 13.2. The van der Waals surface area contributed by atoms with Crippen molar-refractivity contribution in [3.8, 4) is 0 Å². The summed E-state index contributed by atoms with van der Waals surface area (Å²) >= 11 is 0. The Morgan fingerprint density at radius 2 is 1.80 bits per heavy atom. The fraction of sp³-hybridized carbons (Fsp3) is 0.667. The Bertz CT molecular complexity index is 531. The van der Waals surface area contributed by atoms with Crippen molar-refractivity contribution < 1.29 is 8.42 Å². The van der Waals surface area contributed by atoms with Crippen LogP contribution >= 0.6 is 0 Å². The minimum Gasteiger partial charge on any atom is -0.370 e. The van der Waals surface area contributed by atoms with Crippen LogP contribution in [0.4, 0.5) is 11.6 Å². The maximum absolute atomic E-state index is 11.4. The van der Waals surface area contributed by atoms with Gasteiger partial charge in [-0.3, -0.25) is 0 Å². The predicted octanol–water partition coefficient (Wildman–Crippen LogP) is 0.993. The molecule has 0 saturated heterocycles. The Morgan fingerprint density at radius 3 is 2.30 bits per heavy atom. The molecule has 1 rings (SSSR count). The smallest absolute Gasteiger partial charge is 0.213 e. The Kier molecular flexibility index (Phi) is 6.15. The molecule has 8 heteroatoms. The molecule has 1 aromatic rings. The average Bonchev–Trinajstić information content (AvgIpc) is 2.39. The van der Waals surface area contributed by atoms with E-state index in [4.69, 9.17) is 0 Å².